The number of amides is 1. The summed E-state index contributed by atoms with van der Waals surface area (Å²) in [5, 5.41) is 17.2. The van der Waals surface area contributed by atoms with E-state index in [1.165, 1.54) is 5.56 Å². The van der Waals surface area contributed by atoms with E-state index >= 15 is 0 Å². The number of hydrogen-bond acceptors (Lipinski definition) is 6. The highest BCUT2D eigenvalue weighted by Crippen LogP contribution is 2.22. The van der Waals surface area contributed by atoms with Crippen molar-refractivity contribution < 1.29 is 14.4 Å². The number of hydrogen-bond donors (Lipinski definition) is 2. The van der Waals surface area contributed by atoms with Crippen LogP contribution in [-0.2, 0) is 13.0 Å². The maximum Gasteiger partial charge on any atom is 0.256 e. The Hall–Kier alpha value is -3.19. The zero-order chi connectivity index (χ0) is 20.9. The number of benzene rings is 2. The van der Waals surface area contributed by atoms with Gasteiger partial charge in [-0.2, -0.15) is 4.98 Å². The first-order valence-electron chi connectivity index (χ1n) is 10.4. The molecule has 7 heteroatoms. The summed E-state index contributed by atoms with van der Waals surface area (Å²) in [7, 11) is 0. The Kier molecular flexibility index (Phi) is 6.09. The SMILES string of the molecule is CCc1ccc(-c2noc(CNc3ccccc3C(=O)N3CCCC(O)C3)n2)cc1. The van der Waals surface area contributed by atoms with Gasteiger partial charge in [0.05, 0.1) is 18.2 Å². The van der Waals surface area contributed by atoms with Crippen molar-refractivity contribution in [2.24, 2.45) is 0 Å². The normalized spacial score (nSPS) is 16.5. The highest BCUT2D eigenvalue weighted by molar-refractivity contribution is 5.99. The molecule has 7 nitrogen and oxygen atoms in total. The van der Waals surface area contributed by atoms with E-state index in [2.05, 4.69) is 34.5 Å². The molecule has 0 radical (unpaired) electrons. The molecule has 0 saturated carbocycles. The number of β-amino-alcohol motifs (C(OH)–C–C–N with tert-alkyl or cyclic N) is 1. The molecule has 1 saturated heterocycles. The van der Waals surface area contributed by atoms with Crippen molar-refractivity contribution in [1.82, 2.24) is 15.0 Å². The van der Waals surface area contributed by atoms with Crippen LogP contribution < -0.4 is 5.32 Å². The summed E-state index contributed by atoms with van der Waals surface area (Å²) in [5.41, 5.74) is 3.43. The molecule has 2 heterocycles. The molecule has 30 heavy (non-hydrogen) atoms. The lowest BCUT2D eigenvalue weighted by atomic mass is 10.1. The van der Waals surface area contributed by atoms with E-state index in [4.69, 9.17) is 4.52 Å². The Morgan fingerprint density at radius 1 is 1.23 bits per heavy atom. The molecule has 1 unspecified atom stereocenters. The molecule has 2 N–H and O–H groups in total. The van der Waals surface area contributed by atoms with Gasteiger partial charge in [-0.25, -0.2) is 0 Å². The molecule has 0 aliphatic carbocycles. The van der Waals surface area contributed by atoms with Crippen molar-refractivity contribution in [2.75, 3.05) is 18.4 Å². The highest BCUT2D eigenvalue weighted by atomic mass is 16.5. The summed E-state index contributed by atoms with van der Waals surface area (Å²) in [6.45, 7) is 3.46. The molecule has 1 aliphatic heterocycles. The number of aliphatic hydroxyl groups excluding tert-OH is 1. The van der Waals surface area contributed by atoms with Crippen LogP contribution in [0.5, 0.6) is 0 Å². The van der Waals surface area contributed by atoms with Gasteiger partial charge in [-0.1, -0.05) is 48.5 Å². The zero-order valence-electron chi connectivity index (χ0n) is 17.0. The number of likely N-dealkylation sites (tertiary alicyclic amines) is 1. The zero-order valence-corrected chi connectivity index (χ0v) is 17.0. The lowest BCUT2D eigenvalue weighted by Crippen LogP contribution is -2.42. The van der Waals surface area contributed by atoms with Crippen LogP contribution in [0.15, 0.2) is 53.1 Å². The monoisotopic (exact) mass is 406 g/mol. The minimum atomic E-state index is -0.453. The number of aromatic nitrogens is 2. The quantitative estimate of drug-likeness (QED) is 0.651. The predicted molar refractivity (Wildman–Crippen MR) is 114 cm³/mol. The molecule has 0 bridgehead atoms. The lowest BCUT2D eigenvalue weighted by molar-refractivity contribution is 0.0474. The smallest absolute Gasteiger partial charge is 0.256 e. The second-order valence-electron chi connectivity index (χ2n) is 7.51. The molecule has 1 atom stereocenters. The Bertz CT molecular complexity index is 1000. The molecule has 3 aromatic rings. The number of aryl methyl sites for hydroxylation is 1. The second-order valence-corrected chi connectivity index (χ2v) is 7.51. The first-order valence-corrected chi connectivity index (χ1v) is 10.4. The van der Waals surface area contributed by atoms with E-state index in [1.54, 1.807) is 11.0 Å². The molecule has 1 aliphatic rings. The number of carbonyl (C=O) groups excluding carboxylic acids is 1. The van der Waals surface area contributed by atoms with Gasteiger partial charge in [-0.15, -0.1) is 0 Å². The number of piperidine rings is 1. The van der Waals surface area contributed by atoms with Crippen molar-refractivity contribution in [2.45, 2.75) is 38.8 Å². The fourth-order valence-electron chi connectivity index (χ4n) is 3.64. The van der Waals surface area contributed by atoms with Gasteiger partial charge in [0, 0.05) is 24.3 Å². The van der Waals surface area contributed by atoms with Crippen LogP contribution >= 0.6 is 0 Å². The molecule has 0 spiro atoms. The third-order valence-corrected chi connectivity index (χ3v) is 5.36. The summed E-state index contributed by atoms with van der Waals surface area (Å²) in [6, 6.07) is 15.5. The summed E-state index contributed by atoms with van der Waals surface area (Å²) < 4.78 is 5.38. The molecule has 156 valence electrons. The van der Waals surface area contributed by atoms with Gasteiger partial charge in [0.15, 0.2) is 0 Å². The summed E-state index contributed by atoms with van der Waals surface area (Å²) >= 11 is 0. The number of carbonyl (C=O) groups is 1. The van der Waals surface area contributed by atoms with Gasteiger partial charge in [0.25, 0.3) is 5.91 Å². The number of nitrogens with one attached hydrogen (secondary N) is 1. The third kappa shape index (κ3) is 4.52. The average Bonchev–Trinajstić information content (AvgIpc) is 3.26. The van der Waals surface area contributed by atoms with Crippen molar-refractivity contribution in [3.05, 3.63) is 65.5 Å². The fraction of sp³-hybridized carbons (Fsp3) is 0.348. The average molecular weight is 406 g/mol. The largest absolute Gasteiger partial charge is 0.391 e. The van der Waals surface area contributed by atoms with Crippen LogP contribution in [-0.4, -0.2) is 45.2 Å². The number of rotatable bonds is 6. The maximum atomic E-state index is 12.9. The van der Waals surface area contributed by atoms with E-state index in [9.17, 15) is 9.90 Å². The van der Waals surface area contributed by atoms with Crippen molar-refractivity contribution in [3.8, 4) is 11.4 Å². The minimum absolute atomic E-state index is 0.0842. The lowest BCUT2D eigenvalue weighted by Gasteiger charge is -2.30. The van der Waals surface area contributed by atoms with E-state index in [-0.39, 0.29) is 5.91 Å². The van der Waals surface area contributed by atoms with E-state index in [0.717, 1.165) is 24.8 Å². The van der Waals surface area contributed by atoms with E-state index < -0.39 is 6.10 Å². The van der Waals surface area contributed by atoms with Gasteiger partial charge in [-0.3, -0.25) is 4.79 Å². The van der Waals surface area contributed by atoms with Crippen LogP contribution in [0.1, 0.15) is 41.6 Å². The summed E-state index contributed by atoms with van der Waals surface area (Å²) in [6.07, 6.45) is 2.08. The van der Waals surface area contributed by atoms with Crippen molar-refractivity contribution >= 4 is 11.6 Å². The van der Waals surface area contributed by atoms with E-state index in [0.29, 0.717) is 42.6 Å². The van der Waals surface area contributed by atoms with Gasteiger partial charge in [-0.05, 0) is 37.0 Å². The molecule has 1 fully saturated rings. The molecule has 4 rings (SSSR count). The fourth-order valence-corrected chi connectivity index (χ4v) is 3.64. The highest BCUT2D eigenvalue weighted by Gasteiger charge is 2.24. The Morgan fingerprint density at radius 2 is 2.03 bits per heavy atom. The first-order chi connectivity index (χ1) is 14.6. The number of nitrogens with zero attached hydrogens (tertiary/aromatic N) is 3. The molecular weight excluding hydrogens is 380 g/mol. The van der Waals surface area contributed by atoms with Crippen LogP contribution in [0.2, 0.25) is 0 Å². The van der Waals surface area contributed by atoms with Gasteiger partial charge >= 0.3 is 0 Å². The molecular formula is C23H26N4O3. The van der Waals surface area contributed by atoms with Crippen LogP contribution in [0.3, 0.4) is 0 Å². The van der Waals surface area contributed by atoms with Gasteiger partial charge in [0.1, 0.15) is 0 Å². The van der Waals surface area contributed by atoms with E-state index in [1.807, 2.05) is 30.3 Å². The van der Waals surface area contributed by atoms with Crippen molar-refractivity contribution in [3.63, 3.8) is 0 Å². The number of anilines is 1. The Morgan fingerprint density at radius 3 is 2.80 bits per heavy atom. The summed E-state index contributed by atoms with van der Waals surface area (Å²) in [5.74, 6) is 0.903. The van der Waals surface area contributed by atoms with Gasteiger partial charge < -0.3 is 19.8 Å². The van der Waals surface area contributed by atoms with Gasteiger partial charge in [0.2, 0.25) is 11.7 Å². The Labute approximate surface area is 175 Å². The predicted octanol–water partition coefficient (Wildman–Crippen LogP) is 3.51. The Balaban J connectivity index is 1.44. The molecule has 2 aromatic carbocycles. The topological polar surface area (TPSA) is 91.5 Å². The second kappa shape index (κ2) is 9.09. The maximum absolute atomic E-state index is 12.9. The third-order valence-electron chi connectivity index (χ3n) is 5.36. The van der Waals surface area contributed by atoms with Crippen LogP contribution in [0.25, 0.3) is 11.4 Å². The standard InChI is InChI=1S/C23H26N4O3/c1-2-16-9-11-17(12-10-16)22-25-21(30-26-22)14-24-20-8-4-3-7-19(20)23(29)27-13-5-6-18(28)15-27/h3-4,7-12,18,24,28H,2,5-6,13-15H2,1H3. The minimum Gasteiger partial charge on any atom is -0.391 e. The molecule has 1 amide bonds. The van der Waals surface area contributed by atoms with Crippen LogP contribution in [0, 0.1) is 0 Å². The first kappa shape index (κ1) is 20.1. The summed E-state index contributed by atoms with van der Waals surface area (Å²) in [4.78, 5) is 19.1. The number of para-hydroxylation sites is 1. The van der Waals surface area contributed by atoms with Crippen molar-refractivity contribution in [1.29, 1.82) is 0 Å². The number of aliphatic hydroxyl groups is 1. The van der Waals surface area contributed by atoms with Crippen LogP contribution in [0.4, 0.5) is 5.69 Å². The molecule has 1 aromatic heterocycles.